The summed E-state index contributed by atoms with van der Waals surface area (Å²) in [5.41, 5.74) is 4.63. The summed E-state index contributed by atoms with van der Waals surface area (Å²) in [5.74, 6) is -1.24. The van der Waals surface area contributed by atoms with E-state index in [9.17, 15) is 24.3 Å². The standard InChI is InChI=1S/C49H60N6O8/c56-46(42-4-2-1-3-5-42)53(21-18-50-24-30-61-31-25-50)36-39-6-12-43(13-7-39)47(57)54(22-19-51-26-32-62-33-27-51)37-40-8-14-44(15-9-40)48(58)55(23-20-52-28-34-63-35-29-52)38-41-10-16-45(17-11-41)49(59)60/h1-17H,18-38H2,(H,59,60). The van der Waals surface area contributed by atoms with Crippen LogP contribution in [0.15, 0.2) is 103 Å². The second kappa shape index (κ2) is 23.3. The summed E-state index contributed by atoms with van der Waals surface area (Å²) in [7, 11) is 0. The van der Waals surface area contributed by atoms with E-state index in [0.717, 1.165) is 62.5 Å². The fourth-order valence-electron chi connectivity index (χ4n) is 8.07. The van der Waals surface area contributed by atoms with Crippen molar-refractivity contribution < 1.29 is 38.5 Å². The monoisotopic (exact) mass is 860 g/mol. The smallest absolute Gasteiger partial charge is 0.335 e. The van der Waals surface area contributed by atoms with Gasteiger partial charge >= 0.3 is 5.97 Å². The molecule has 14 heteroatoms. The van der Waals surface area contributed by atoms with Crippen LogP contribution in [0.5, 0.6) is 0 Å². The fourth-order valence-corrected chi connectivity index (χ4v) is 8.07. The maximum absolute atomic E-state index is 14.3. The minimum absolute atomic E-state index is 0.0287. The summed E-state index contributed by atoms with van der Waals surface area (Å²) >= 11 is 0. The Morgan fingerprint density at radius 2 is 0.698 bits per heavy atom. The van der Waals surface area contributed by atoms with Crippen LogP contribution in [-0.4, -0.2) is 176 Å². The number of carbonyl (C=O) groups excluding carboxylic acids is 3. The van der Waals surface area contributed by atoms with Gasteiger partial charge in [-0.3, -0.25) is 29.1 Å². The Kier molecular flexibility index (Phi) is 16.8. The molecule has 63 heavy (non-hydrogen) atoms. The summed E-state index contributed by atoms with van der Waals surface area (Å²) in [4.78, 5) is 66.1. The van der Waals surface area contributed by atoms with Crippen molar-refractivity contribution in [2.24, 2.45) is 0 Å². The lowest BCUT2D eigenvalue weighted by atomic mass is 10.1. The Balaban J connectivity index is 1.04. The van der Waals surface area contributed by atoms with Crippen molar-refractivity contribution in [3.8, 4) is 0 Å². The Hall–Kier alpha value is -5.48. The quantitative estimate of drug-likeness (QED) is 0.145. The van der Waals surface area contributed by atoms with E-state index < -0.39 is 5.97 Å². The lowest BCUT2D eigenvalue weighted by molar-refractivity contribution is 0.0317. The fraction of sp³-hybridized carbons (Fsp3) is 0.429. The summed E-state index contributed by atoms with van der Waals surface area (Å²) < 4.78 is 16.6. The molecule has 1 N–H and O–H groups in total. The highest BCUT2D eigenvalue weighted by Gasteiger charge is 2.23. The number of amides is 3. The molecular weight excluding hydrogens is 801 g/mol. The number of hydrogen-bond acceptors (Lipinski definition) is 10. The number of morpholine rings is 3. The maximum atomic E-state index is 14.3. The molecule has 0 unspecified atom stereocenters. The van der Waals surface area contributed by atoms with E-state index in [-0.39, 0.29) is 23.3 Å². The molecule has 3 heterocycles. The Bertz CT molecular complexity index is 2070. The highest BCUT2D eigenvalue weighted by molar-refractivity contribution is 5.96. The Labute approximate surface area is 370 Å². The number of hydrogen-bond donors (Lipinski definition) is 1. The zero-order valence-electron chi connectivity index (χ0n) is 36.2. The van der Waals surface area contributed by atoms with Gasteiger partial charge in [-0.2, -0.15) is 0 Å². The number of rotatable bonds is 19. The lowest BCUT2D eigenvalue weighted by Gasteiger charge is -2.31. The second-order valence-corrected chi connectivity index (χ2v) is 16.3. The average molecular weight is 861 g/mol. The van der Waals surface area contributed by atoms with Crippen molar-refractivity contribution in [2.45, 2.75) is 19.6 Å². The van der Waals surface area contributed by atoms with E-state index in [1.807, 2.05) is 93.6 Å². The third kappa shape index (κ3) is 13.5. The number of carbonyl (C=O) groups is 4. The predicted octanol–water partition coefficient (Wildman–Crippen LogP) is 4.31. The molecule has 0 aromatic heterocycles. The molecule has 0 spiro atoms. The largest absolute Gasteiger partial charge is 0.478 e. The molecule has 3 aliphatic heterocycles. The van der Waals surface area contributed by atoms with Crippen LogP contribution in [0.4, 0.5) is 0 Å². The van der Waals surface area contributed by atoms with Crippen LogP contribution in [-0.2, 0) is 33.8 Å². The molecule has 7 rings (SSSR count). The Morgan fingerprint density at radius 3 is 1.00 bits per heavy atom. The van der Waals surface area contributed by atoms with E-state index in [0.29, 0.717) is 109 Å². The molecule has 0 atom stereocenters. The molecule has 4 aromatic carbocycles. The molecule has 14 nitrogen and oxygen atoms in total. The van der Waals surface area contributed by atoms with Crippen molar-refractivity contribution in [2.75, 3.05) is 118 Å². The summed E-state index contributed by atoms with van der Waals surface area (Å²) in [6.07, 6.45) is 0. The van der Waals surface area contributed by atoms with Gasteiger partial charge in [0.15, 0.2) is 0 Å². The third-order valence-electron chi connectivity index (χ3n) is 12.0. The van der Waals surface area contributed by atoms with Crippen LogP contribution in [0.25, 0.3) is 0 Å². The van der Waals surface area contributed by atoms with Crippen molar-refractivity contribution in [3.63, 3.8) is 0 Å². The van der Waals surface area contributed by atoms with Gasteiger partial charge < -0.3 is 34.0 Å². The van der Waals surface area contributed by atoms with Gasteiger partial charge in [-0.1, -0.05) is 54.6 Å². The molecule has 3 amide bonds. The molecule has 3 fully saturated rings. The van der Waals surface area contributed by atoms with E-state index in [4.69, 9.17) is 14.2 Å². The number of aromatic carboxylic acids is 1. The van der Waals surface area contributed by atoms with Gasteiger partial charge in [0.25, 0.3) is 17.7 Å². The Morgan fingerprint density at radius 1 is 0.413 bits per heavy atom. The van der Waals surface area contributed by atoms with E-state index in [1.54, 1.807) is 24.3 Å². The number of ether oxygens (including phenoxy) is 3. The number of benzene rings is 4. The van der Waals surface area contributed by atoms with Gasteiger partial charge in [-0.05, 0) is 65.2 Å². The van der Waals surface area contributed by atoms with Gasteiger partial charge in [0.1, 0.15) is 0 Å². The normalized spacial score (nSPS) is 16.3. The number of carboxylic acids is 1. The molecule has 334 valence electrons. The van der Waals surface area contributed by atoms with Crippen LogP contribution in [0, 0.1) is 0 Å². The van der Waals surface area contributed by atoms with Crippen LogP contribution in [0.3, 0.4) is 0 Å². The first-order chi connectivity index (χ1) is 30.8. The molecule has 0 aliphatic carbocycles. The zero-order valence-corrected chi connectivity index (χ0v) is 36.2. The first-order valence-electron chi connectivity index (χ1n) is 22.1. The molecule has 4 aromatic rings. The molecular formula is C49H60N6O8. The second-order valence-electron chi connectivity index (χ2n) is 16.3. The van der Waals surface area contributed by atoms with Gasteiger partial charge in [0.05, 0.1) is 45.2 Å². The number of nitrogens with zero attached hydrogens (tertiary/aromatic N) is 6. The maximum Gasteiger partial charge on any atom is 0.335 e. The van der Waals surface area contributed by atoms with Crippen LogP contribution in [0.2, 0.25) is 0 Å². The van der Waals surface area contributed by atoms with Gasteiger partial charge in [0, 0.05) is 115 Å². The molecule has 0 bridgehead atoms. The minimum Gasteiger partial charge on any atom is -0.478 e. The molecule has 3 aliphatic rings. The molecule has 0 saturated carbocycles. The molecule has 0 radical (unpaired) electrons. The van der Waals surface area contributed by atoms with Crippen LogP contribution < -0.4 is 0 Å². The van der Waals surface area contributed by atoms with Gasteiger partial charge in [0.2, 0.25) is 0 Å². The van der Waals surface area contributed by atoms with Gasteiger partial charge in [-0.25, -0.2) is 4.79 Å². The molecule has 3 saturated heterocycles. The highest BCUT2D eigenvalue weighted by Crippen LogP contribution is 2.18. The topological polar surface area (TPSA) is 136 Å². The summed E-state index contributed by atoms with van der Waals surface area (Å²) in [6.45, 7) is 13.8. The average Bonchev–Trinajstić information content (AvgIpc) is 3.34. The van der Waals surface area contributed by atoms with Crippen molar-refractivity contribution in [1.82, 2.24) is 29.4 Å². The van der Waals surface area contributed by atoms with E-state index in [1.165, 1.54) is 0 Å². The first kappa shape index (κ1) is 45.5. The highest BCUT2D eigenvalue weighted by atomic mass is 16.5. The minimum atomic E-state index is -0.993. The van der Waals surface area contributed by atoms with E-state index >= 15 is 0 Å². The SMILES string of the molecule is O=C(O)c1ccc(CN(CCN2CCOCC2)C(=O)c2ccc(CN(CCN3CCOCC3)C(=O)c3ccc(CN(CCN4CCOCC4)C(=O)c4ccccc4)cc3)cc2)cc1. The van der Waals surface area contributed by atoms with Crippen molar-refractivity contribution in [3.05, 3.63) is 142 Å². The predicted molar refractivity (Wildman–Crippen MR) is 239 cm³/mol. The van der Waals surface area contributed by atoms with Gasteiger partial charge in [-0.15, -0.1) is 0 Å². The lowest BCUT2D eigenvalue weighted by Crippen LogP contribution is -2.43. The van der Waals surface area contributed by atoms with E-state index in [2.05, 4.69) is 14.7 Å². The van der Waals surface area contributed by atoms with Crippen molar-refractivity contribution in [1.29, 1.82) is 0 Å². The van der Waals surface area contributed by atoms with Crippen LogP contribution >= 0.6 is 0 Å². The number of carboxylic acid groups (broad SMARTS) is 1. The summed E-state index contributed by atoms with van der Waals surface area (Å²) in [5, 5.41) is 9.38. The zero-order chi connectivity index (χ0) is 43.8. The third-order valence-corrected chi connectivity index (χ3v) is 12.0. The van der Waals surface area contributed by atoms with Crippen molar-refractivity contribution >= 4 is 23.7 Å². The summed E-state index contributed by atoms with van der Waals surface area (Å²) in [6, 6.07) is 31.1. The first-order valence-corrected chi connectivity index (χ1v) is 22.1. The van der Waals surface area contributed by atoms with Crippen LogP contribution in [0.1, 0.15) is 58.1 Å².